The van der Waals surface area contributed by atoms with E-state index in [1.54, 1.807) is 0 Å². The maximum atomic E-state index is 13.0. The van der Waals surface area contributed by atoms with Crippen LogP contribution in [-0.2, 0) is 6.18 Å². The summed E-state index contributed by atoms with van der Waals surface area (Å²) in [6.07, 6.45) is -1.34. The van der Waals surface area contributed by atoms with Crippen molar-refractivity contribution in [3.63, 3.8) is 0 Å². The van der Waals surface area contributed by atoms with Crippen molar-refractivity contribution >= 4 is 11.4 Å². The van der Waals surface area contributed by atoms with Gasteiger partial charge in [0.1, 0.15) is 0 Å². The zero-order valence-corrected chi connectivity index (χ0v) is 11.0. The normalized spacial score (nSPS) is 17.8. The number of rotatable bonds is 2. The summed E-state index contributed by atoms with van der Waals surface area (Å²) in [7, 11) is 0. The summed E-state index contributed by atoms with van der Waals surface area (Å²) < 4.78 is 39.1. The van der Waals surface area contributed by atoms with Gasteiger partial charge in [0.15, 0.2) is 0 Å². The molecule has 106 valence electrons. The molecule has 0 atom stereocenters. The summed E-state index contributed by atoms with van der Waals surface area (Å²) in [5.74, 6) is 0.638. The largest absolute Gasteiger partial charge is 0.418 e. The number of nitrogens with zero attached hydrogens (tertiary/aromatic N) is 1. The topological polar surface area (TPSA) is 29.3 Å². The fraction of sp³-hybridized carbons (Fsp3) is 0.571. The zero-order valence-electron chi connectivity index (χ0n) is 11.0. The zero-order chi connectivity index (χ0) is 14.0. The van der Waals surface area contributed by atoms with Crippen molar-refractivity contribution in [3.05, 3.63) is 23.8 Å². The van der Waals surface area contributed by atoms with Crippen LogP contribution < -0.4 is 10.6 Å². The van der Waals surface area contributed by atoms with Crippen LogP contribution in [0.5, 0.6) is 0 Å². The number of halogens is 3. The van der Waals surface area contributed by atoms with Crippen molar-refractivity contribution in [2.45, 2.75) is 32.4 Å². The van der Waals surface area contributed by atoms with Crippen LogP contribution in [0.4, 0.5) is 24.5 Å². The summed E-state index contributed by atoms with van der Waals surface area (Å²) >= 11 is 0. The Morgan fingerprint density at radius 3 is 2.42 bits per heavy atom. The van der Waals surface area contributed by atoms with Crippen LogP contribution in [0, 0.1) is 5.92 Å². The molecule has 2 nitrogen and oxygen atoms in total. The van der Waals surface area contributed by atoms with Crippen LogP contribution >= 0.6 is 0 Å². The Bertz CT molecular complexity index is 435. The van der Waals surface area contributed by atoms with Gasteiger partial charge in [0.25, 0.3) is 0 Å². The van der Waals surface area contributed by atoms with Crippen molar-refractivity contribution in [2.24, 2.45) is 5.92 Å². The Balaban J connectivity index is 2.25. The van der Waals surface area contributed by atoms with E-state index < -0.39 is 11.7 Å². The highest BCUT2D eigenvalue weighted by molar-refractivity contribution is 5.61. The van der Waals surface area contributed by atoms with E-state index in [4.69, 9.17) is 5.73 Å². The molecule has 5 heteroatoms. The van der Waals surface area contributed by atoms with E-state index >= 15 is 0 Å². The average Bonchev–Trinajstić information content (AvgIpc) is 2.38. The second kappa shape index (κ2) is 5.31. The van der Waals surface area contributed by atoms with Crippen molar-refractivity contribution in [1.29, 1.82) is 0 Å². The highest BCUT2D eigenvalue weighted by Crippen LogP contribution is 2.39. The molecule has 1 aliphatic heterocycles. The molecule has 1 heterocycles. The molecular weight excluding hydrogens is 253 g/mol. The third-order valence-electron chi connectivity index (χ3n) is 3.86. The fourth-order valence-electron chi connectivity index (χ4n) is 2.64. The minimum atomic E-state index is -4.35. The molecule has 0 bridgehead atoms. The molecule has 1 aromatic carbocycles. The molecule has 1 aliphatic rings. The lowest BCUT2D eigenvalue weighted by molar-refractivity contribution is -0.137. The van der Waals surface area contributed by atoms with Gasteiger partial charge in [-0.15, -0.1) is 0 Å². The molecule has 2 rings (SSSR count). The maximum Gasteiger partial charge on any atom is 0.418 e. The molecule has 0 spiro atoms. The third kappa shape index (κ3) is 3.14. The predicted molar refractivity (Wildman–Crippen MR) is 71.1 cm³/mol. The number of hydrogen-bond donors (Lipinski definition) is 1. The Morgan fingerprint density at radius 1 is 1.26 bits per heavy atom. The second-order valence-electron chi connectivity index (χ2n) is 5.11. The summed E-state index contributed by atoms with van der Waals surface area (Å²) in [6, 6.07) is 4.06. The van der Waals surface area contributed by atoms with Crippen molar-refractivity contribution < 1.29 is 13.2 Å². The summed E-state index contributed by atoms with van der Waals surface area (Å²) in [6.45, 7) is 3.50. The van der Waals surface area contributed by atoms with Crippen LogP contribution in [0.3, 0.4) is 0 Å². The molecule has 0 saturated carbocycles. The highest BCUT2D eigenvalue weighted by atomic mass is 19.4. The minimum Gasteiger partial charge on any atom is -0.399 e. The molecule has 0 aromatic heterocycles. The first-order valence-electron chi connectivity index (χ1n) is 6.63. The van der Waals surface area contributed by atoms with E-state index in [-0.39, 0.29) is 11.4 Å². The first-order valence-corrected chi connectivity index (χ1v) is 6.63. The van der Waals surface area contributed by atoms with Gasteiger partial charge in [0.05, 0.1) is 5.56 Å². The van der Waals surface area contributed by atoms with Crippen LogP contribution in [-0.4, -0.2) is 13.1 Å². The molecule has 0 aliphatic carbocycles. The molecule has 0 amide bonds. The number of anilines is 2. The van der Waals surface area contributed by atoms with Gasteiger partial charge in [0.2, 0.25) is 0 Å². The summed E-state index contributed by atoms with van der Waals surface area (Å²) in [5, 5.41) is 0. The van der Waals surface area contributed by atoms with Gasteiger partial charge in [-0.3, -0.25) is 0 Å². The van der Waals surface area contributed by atoms with E-state index in [0.717, 1.165) is 25.3 Å². The highest BCUT2D eigenvalue weighted by Gasteiger charge is 2.35. The smallest absolute Gasteiger partial charge is 0.399 e. The number of benzene rings is 1. The van der Waals surface area contributed by atoms with E-state index in [1.165, 1.54) is 12.1 Å². The molecule has 1 saturated heterocycles. The molecule has 1 aromatic rings. The Labute approximate surface area is 111 Å². The Morgan fingerprint density at radius 2 is 1.89 bits per heavy atom. The van der Waals surface area contributed by atoms with E-state index in [2.05, 4.69) is 6.92 Å². The van der Waals surface area contributed by atoms with Crippen molar-refractivity contribution in [3.8, 4) is 0 Å². The lowest BCUT2D eigenvalue weighted by atomic mass is 9.93. The molecule has 2 N–H and O–H groups in total. The maximum absolute atomic E-state index is 13.0. The van der Waals surface area contributed by atoms with Gasteiger partial charge >= 0.3 is 6.18 Å². The van der Waals surface area contributed by atoms with Crippen LogP contribution in [0.25, 0.3) is 0 Å². The van der Waals surface area contributed by atoms with Gasteiger partial charge in [-0.25, -0.2) is 0 Å². The minimum absolute atomic E-state index is 0.152. The molecule has 0 unspecified atom stereocenters. The second-order valence-corrected chi connectivity index (χ2v) is 5.11. The van der Waals surface area contributed by atoms with E-state index in [9.17, 15) is 13.2 Å². The number of hydrogen-bond acceptors (Lipinski definition) is 2. The predicted octanol–water partition coefficient (Wildman–Crippen LogP) is 3.91. The molecule has 0 radical (unpaired) electrons. The van der Waals surface area contributed by atoms with E-state index in [1.807, 2.05) is 4.90 Å². The number of piperidine rings is 1. The van der Waals surface area contributed by atoms with Crippen LogP contribution in [0.2, 0.25) is 0 Å². The van der Waals surface area contributed by atoms with Gasteiger partial charge in [-0.1, -0.05) is 13.3 Å². The number of alkyl halides is 3. The molecule has 1 fully saturated rings. The number of nitrogens with two attached hydrogens (primary N) is 1. The molecule has 19 heavy (non-hydrogen) atoms. The molecular formula is C14H19F3N2. The summed E-state index contributed by atoms with van der Waals surface area (Å²) in [5.41, 5.74) is 5.27. The first kappa shape index (κ1) is 14.0. The first-order chi connectivity index (χ1) is 8.91. The summed E-state index contributed by atoms with van der Waals surface area (Å²) in [4.78, 5) is 1.83. The SMILES string of the molecule is CCC1CCN(c2ccc(N)cc2C(F)(F)F)CC1. The fourth-order valence-corrected chi connectivity index (χ4v) is 2.64. The Hall–Kier alpha value is -1.39. The standard InChI is InChI=1S/C14H19F3N2/c1-2-10-5-7-19(8-6-10)13-4-3-11(18)9-12(13)14(15,16)17/h3-4,9-10H,2,5-8,18H2,1H3. The lowest BCUT2D eigenvalue weighted by Crippen LogP contribution is -2.34. The number of nitrogen functional groups attached to an aromatic ring is 1. The average molecular weight is 272 g/mol. The quantitative estimate of drug-likeness (QED) is 0.827. The van der Waals surface area contributed by atoms with Crippen molar-refractivity contribution in [2.75, 3.05) is 23.7 Å². The monoisotopic (exact) mass is 272 g/mol. The van der Waals surface area contributed by atoms with Gasteiger partial charge in [-0.2, -0.15) is 13.2 Å². The van der Waals surface area contributed by atoms with Gasteiger partial charge in [-0.05, 0) is 37.0 Å². The van der Waals surface area contributed by atoms with Crippen LogP contribution in [0.1, 0.15) is 31.7 Å². The van der Waals surface area contributed by atoms with Gasteiger partial charge < -0.3 is 10.6 Å². The third-order valence-corrected chi connectivity index (χ3v) is 3.86. The van der Waals surface area contributed by atoms with Gasteiger partial charge in [0, 0.05) is 24.5 Å². The van der Waals surface area contributed by atoms with E-state index in [0.29, 0.717) is 19.0 Å². The van der Waals surface area contributed by atoms with Crippen LogP contribution in [0.15, 0.2) is 18.2 Å². The lowest BCUT2D eigenvalue weighted by Gasteiger charge is -2.34. The van der Waals surface area contributed by atoms with Crippen molar-refractivity contribution in [1.82, 2.24) is 0 Å². The Kier molecular flexibility index (Phi) is 3.92.